The first-order chi connectivity index (χ1) is 15.8. The number of fused-ring (bicyclic) bond motifs is 1. The summed E-state index contributed by atoms with van der Waals surface area (Å²) in [5.41, 5.74) is 3.68. The highest BCUT2D eigenvalue weighted by molar-refractivity contribution is 7.98. The maximum Gasteiger partial charge on any atom is 0.196 e. The van der Waals surface area contributed by atoms with Crippen LogP contribution in [0.5, 0.6) is 0 Å². The summed E-state index contributed by atoms with van der Waals surface area (Å²) in [5, 5.41) is 12.6. The van der Waals surface area contributed by atoms with Gasteiger partial charge in [0.25, 0.3) is 0 Å². The number of thioether (sulfide) groups is 2. The maximum absolute atomic E-state index is 4.58. The first kappa shape index (κ1) is 20.9. The van der Waals surface area contributed by atoms with E-state index >= 15 is 0 Å². The Bertz CT molecular complexity index is 1320. The van der Waals surface area contributed by atoms with Gasteiger partial charge in [0.2, 0.25) is 0 Å². The first-order valence-corrected chi connectivity index (χ1v) is 12.5. The van der Waals surface area contributed by atoms with Gasteiger partial charge in [0.05, 0.1) is 5.75 Å². The van der Waals surface area contributed by atoms with E-state index in [-0.39, 0.29) is 0 Å². The molecule has 158 valence electrons. The van der Waals surface area contributed by atoms with Crippen molar-refractivity contribution in [3.05, 3.63) is 114 Å². The summed E-state index contributed by atoms with van der Waals surface area (Å²) in [7, 11) is 0. The van der Waals surface area contributed by atoms with E-state index in [1.807, 2.05) is 6.07 Å². The van der Waals surface area contributed by atoms with Crippen molar-refractivity contribution >= 4 is 34.3 Å². The van der Waals surface area contributed by atoms with Crippen LogP contribution >= 0.6 is 23.5 Å². The predicted molar refractivity (Wildman–Crippen MR) is 136 cm³/mol. The fourth-order valence-electron chi connectivity index (χ4n) is 3.67. The topological polar surface area (TPSA) is 30.7 Å². The van der Waals surface area contributed by atoms with Gasteiger partial charge in [-0.15, -0.1) is 22.0 Å². The summed E-state index contributed by atoms with van der Waals surface area (Å²) in [6.07, 6.45) is 0. The van der Waals surface area contributed by atoms with Gasteiger partial charge in [-0.3, -0.25) is 4.57 Å². The fraction of sp³-hybridized carbons (Fsp3) is 0.111. The first-order valence-electron chi connectivity index (χ1n) is 10.6. The molecular formula is C27H23N3S2. The third-order valence-electron chi connectivity index (χ3n) is 5.34. The molecule has 0 radical (unpaired) electrons. The molecule has 0 bridgehead atoms. The third-order valence-corrected chi connectivity index (χ3v) is 7.33. The lowest BCUT2D eigenvalue weighted by atomic mass is 10.1. The molecular weight excluding hydrogens is 430 g/mol. The van der Waals surface area contributed by atoms with Crippen LogP contribution in [0.25, 0.3) is 16.5 Å². The zero-order valence-electron chi connectivity index (χ0n) is 17.8. The van der Waals surface area contributed by atoms with E-state index in [9.17, 15) is 0 Å². The van der Waals surface area contributed by atoms with Gasteiger partial charge >= 0.3 is 0 Å². The van der Waals surface area contributed by atoms with Crippen LogP contribution in [0, 0.1) is 6.92 Å². The second-order valence-electron chi connectivity index (χ2n) is 7.60. The smallest absolute Gasteiger partial charge is 0.196 e. The highest BCUT2D eigenvalue weighted by Crippen LogP contribution is 2.30. The molecule has 0 aliphatic heterocycles. The van der Waals surface area contributed by atoms with Gasteiger partial charge in [0, 0.05) is 16.3 Å². The average Bonchev–Trinajstić information content (AvgIpc) is 3.25. The second kappa shape index (κ2) is 9.63. The van der Waals surface area contributed by atoms with Crippen molar-refractivity contribution in [1.29, 1.82) is 0 Å². The Morgan fingerprint density at radius 1 is 0.688 bits per heavy atom. The van der Waals surface area contributed by atoms with E-state index in [4.69, 9.17) is 0 Å². The molecule has 3 nitrogen and oxygen atoms in total. The summed E-state index contributed by atoms with van der Waals surface area (Å²) in [5.74, 6) is 2.57. The number of benzene rings is 4. The Morgan fingerprint density at radius 3 is 2.28 bits per heavy atom. The molecule has 0 amide bonds. The van der Waals surface area contributed by atoms with Gasteiger partial charge in [0.15, 0.2) is 5.16 Å². The van der Waals surface area contributed by atoms with E-state index in [2.05, 4.69) is 113 Å². The molecule has 32 heavy (non-hydrogen) atoms. The van der Waals surface area contributed by atoms with E-state index in [0.717, 1.165) is 28.2 Å². The van der Waals surface area contributed by atoms with Gasteiger partial charge in [-0.25, -0.2) is 0 Å². The zero-order chi connectivity index (χ0) is 21.8. The number of aryl methyl sites for hydroxylation is 1. The Balaban J connectivity index is 1.42. The van der Waals surface area contributed by atoms with Crippen molar-refractivity contribution in [3.8, 4) is 5.69 Å². The lowest BCUT2D eigenvalue weighted by Gasteiger charge is -2.11. The minimum Gasteiger partial charge on any atom is -0.273 e. The van der Waals surface area contributed by atoms with Crippen molar-refractivity contribution in [2.24, 2.45) is 0 Å². The molecule has 1 aromatic heterocycles. The van der Waals surface area contributed by atoms with E-state index in [0.29, 0.717) is 0 Å². The van der Waals surface area contributed by atoms with Gasteiger partial charge in [-0.05, 0) is 47.5 Å². The molecule has 0 aliphatic rings. The molecule has 0 spiro atoms. The van der Waals surface area contributed by atoms with Crippen molar-refractivity contribution in [2.75, 3.05) is 0 Å². The molecule has 0 aliphatic carbocycles. The lowest BCUT2D eigenvalue weighted by Crippen LogP contribution is -2.02. The van der Waals surface area contributed by atoms with Crippen molar-refractivity contribution in [1.82, 2.24) is 14.8 Å². The highest BCUT2D eigenvalue weighted by Gasteiger charge is 2.15. The van der Waals surface area contributed by atoms with E-state index in [1.54, 1.807) is 23.5 Å². The summed E-state index contributed by atoms with van der Waals surface area (Å²) in [6, 6.07) is 34.1. The van der Waals surface area contributed by atoms with Crippen molar-refractivity contribution < 1.29 is 0 Å². The van der Waals surface area contributed by atoms with Crippen molar-refractivity contribution in [3.63, 3.8) is 0 Å². The molecule has 5 heteroatoms. The van der Waals surface area contributed by atoms with Crippen LogP contribution in [0.4, 0.5) is 0 Å². The van der Waals surface area contributed by atoms with Gasteiger partial charge in [-0.1, -0.05) is 90.1 Å². The molecule has 0 saturated carbocycles. The summed E-state index contributed by atoms with van der Waals surface area (Å²) in [4.78, 5) is 1.24. The monoisotopic (exact) mass is 453 g/mol. The van der Waals surface area contributed by atoms with Gasteiger partial charge in [0.1, 0.15) is 5.82 Å². The number of hydrogen-bond acceptors (Lipinski definition) is 4. The Kier molecular flexibility index (Phi) is 6.28. The largest absolute Gasteiger partial charge is 0.273 e. The molecule has 4 aromatic carbocycles. The van der Waals surface area contributed by atoms with Crippen LogP contribution in [0.2, 0.25) is 0 Å². The standard InChI is InChI=1S/C27H23N3S2/c1-20-14-16-24(17-15-20)31-19-26-28-29-27(30(26)23-11-3-2-4-12-23)32-18-22-10-7-9-21-8-5-6-13-25(21)22/h2-17H,18-19H2,1H3. The highest BCUT2D eigenvalue weighted by atomic mass is 32.2. The molecule has 0 fully saturated rings. The molecule has 0 atom stereocenters. The Hall–Kier alpha value is -3.02. The molecule has 0 N–H and O–H groups in total. The minimum atomic E-state index is 0.764. The lowest BCUT2D eigenvalue weighted by molar-refractivity contribution is 0.864. The van der Waals surface area contributed by atoms with Crippen LogP contribution in [0.1, 0.15) is 17.0 Å². The van der Waals surface area contributed by atoms with Crippen molar-refractivity contribution in [2.45, 2.75) is 28.5 Å². The van der Waals surface area contributed by atoms with Gasteiger partial charge in [-0.2, -0.15) is 0 Å². The molecule has 0 unspecified atom stereocenters. The van der Waals surface area contributed by atoms with E-state index in [1.165, 1.54) is 26.8 Å². The number of para-hydroxylation sites is 1. The molecule has 5 aromatic rings. The SMILES string of the molecule is Cc1ccc(SCc2nnc(SCc3cccc4ccccc34)n2-c2ccccc2)cc1. The average molecular weight is 454 g/mol. The number of aromatic nitrogens is 3. The van der Waals surface area contributed by atoms with E-state index < -0.39 is 0 Å². The third kappa shape index (κ3) is 4.59. The minimum absolute atomic E-state index is 0.764. The Labute approximate surface area is 196 Å². The normalized spacial score (nSPS) is 11.2. The van der Waals surface area contributed by atoms with Crippen LogP contribution in [0.3, 0.4) is 0 Å². The van der Waals surface area contributed by atoms with Crippen LogP contribution in [-0.2, 0) is 11.5 Å². The molecule has 1 heterocycles. The summed E-state index contributed by atoms with van der Waals surface area (Å²) in [6.45, 7) is 2.11. The summed E-state index contributed by atoms with van der Waals surface area (Å²) >= 11 is 3.52. The van der Waals surface area contributed by atoms with Crippen LogP contribution in [-0.4, -0.2) is 14.8 Å². The molecule has 5 rings (SSSR count). The fourth-order valence-corrected chi connectivity index (χ4v) is 5.45. The quantitative estimate of drug-likeness (QED) is 0.242. The molecule has 0 saturated heterocycles. The second-order valence-corrected chi connectivity index (χ2v) is 9.59. The van der Waals surface area contributed by atoms with Crippen LogP contribution in [0.15, 0.2) is 107 Å². The number of rotatable bonds is 7. The number of nitrogens with zero attached hydrogens (tertiary/aromatic N) is 3. The zero-order valence-corrected chi connectivity index (χ0v) is 19.4. The maximum atomic E-state index is 4.58. The predicted octanol–water partition coefficient (Wildman–Crippen LogP) is 7.31. The number of hydrogen-bond donors (Lipinski definition) is 0. The summed E-state index contributed by atoms with van der Waals surface area (Å²) < 4.78 is 2.19. The van der Waals surface area contributed by atoms with Crippen LogP contribution < -0.4 is 0 Å². The Morgan fingerprint density at radius 2 is 1.44 bits per heavy atom. The van der Waals surface area contributed by atoms with Gasteiger partial charge < -0.3 is 0 Å².